The van der Waals surface area contributed by atoms with Gasteiger partial charge in [0.1, 0.15) is 0 Å². The van der Waals surface area contributed by atoms with E-state index in [1.807, 2.05) is 24.3 Å². The Balaban J connectivity index is 2.47. The number of benzene rings is 1. The highest BCUT2D eigenvalue weighted by atomic mass is 16.1. The topological polar surface area (TPSA) is 43.1 Å². The summed E-state index contributed by atoms with van der Waals surface area (Å²) in [5, 5.41) is 0. The maximum Gasteiger partial charge on any atom is 0.179 e. The molecule has 0 amide bonds. The van der Waals surface area contributed by atoms with Crippen molar-refractivity contribution in [3.05, 3.63) is 35.4 Å². The van der Waals surface area contributed by atoms with Gasteiger partial charge in [-0.3, -0.25) is 4.79 Å². The molecule has 0 heterocycles. The SMILES string of the molecule is CCCCCCc1ccc(C(=O)C(C)N)cc1. The van der Waals surface area contributed by atoms with Crippen LogP contribution in [0.1, 0.15) is 55.5 Å². The van der Waals surface area contributed by atoms with Crippen molar-refractivity contribution in [3.63, 3.8) is 0 Å². The Morgan fingerprint density at radius 1 is 1.18 bits per heavy atom. The highest BCUT2D eigenvalue weighted by molar-refractivity contribution is 5.99. The first kappa shape index (κ1) is 13.9. The molecule has 17 heavy (non-hydrogen) atoms. The van der Waals surface area contributed by atoms with Gasteiger partial charge in [-0.2, -0.15) is 0 Å². The third-order valence-electron chi connectivity index (χ3n) is 2.97. The number of nitrogens with two attached hydrogens (primary N) is 1. The Morgan fingerprint density at radius 3 is 2.35 bits per heavy atom. The minimum Gasteiger partial charge on any atom is -0.321 e. The fourth-order valence-corrected chi connectivity index (χ4v) is 1.85. The van der Waals surface area contributed by atoms with Crippen molar-refractivity contribution < 1.29 is 4.79 Å². The van der Waals surface area contributed by atoms with E-state index in [0.717, 1.165) is 12.0 Å². The van der Waals surface area contributed by atoms with Gasteiger partial charge in [0.25, 0.3) is 0 Å². The minimum absolute atomic E-state index is 0.0162. The zero-order chi connectivity index (χ0) is 12.7. The Hall–Kier alpha value is -1.15. The Labute approximate surface area is 104 Å². The molecule has 0 radical (unpaired) electrons. The first-order valence-corrected chi connectivity index (χ1v) is 6.54. The minimum atomic E-state index is -0.412. The number of carbonyl (C=O) groups excluding carboxylic acids is 1. The van der Waals surface area contributed by atoms with Crippen LogP contribution < -0.4 is 5.73 Å². The van der Waals surface area contributed by atoms with Crippen molar-refractivity contribution >= 4 is 5.78 Å². The van der Waals surface area contributed by atoms with E-state index in [4.69, 9.17) is 5.73 Å². The first-order valence-electron chi connectivity index (χ1n) is 6.54. The molecule has 2 N–H and O–H groups in total. The lowest BCUT2D eigenvalue weighted by molar-refractivity contribution is 0.0968. The van der Waals surface area contributed by atoms with Crippen molar-refractivity contribution in [3.8, 4) is 0 Å². The van der Waals surface area contributed by atoms with E-state index < -0.39 is 6.04 Å². The van der Waals surface area contributed by atoms with Crippen LogP contribution >= 0.6 is 0 Å². The molecule has 0 spiro atoms. The van der Waals surface area contributed by atoms with Crippen molar-refractivity contribution in [2.24, 2.45) is 5.73 Å². The highest BCUT2D eigenvalue weighted by Gasteiger charge is 2.09. The predicted molar refractivity (Wildman–Crippen MR) is 72.3 cm³/mol. The van der Waals surface area contributed by atoms with Crippen LogP contribution in [-0.2, 0) is 6.42 Å². The maximum absolute atomic E-state index is 11.6. The van der Waals surface area contributed by atoms with E-state index in [0.29, 0.717) is 0 Å². The van der Waals surface area contributed by atoms with Gasteiger partial charge in [-0.15, -0.1) is 0 Å². The highest BCUT2D eigenvalue weighted by Crippen LogP contribution is 2.10. The fourth-order valence-electron chi connectivity index (χ4n) is 1.85. The van der Waals surface area contributed by atoms with Crippen LogP contribution in [-0.4, -0.2) is 11.8 Å². The third-order valence-corrected chi connectivity index (χ3v) is 2.97. The zero-order valence-corrected chi connectivity index (χ0v) is 10.9. The van der Waals surface area contributed by atoms with E-state index in [2.05, 4.69) is 6.92 Å². The third kappa shape index (κ3) is 4.70. The number of ketones is 1. The quantitative estimate of drug-likeness (QED) is 0.580. The monoisotopic (exact) mass is 233 g/mol. The average molecular weight is 233 g/mol. The first-order chi connectivity index (χ1) is 8.15. The number of carbonyl (C=O) groups is 1. The van der Waals surface area contributed by atoms with Crippen molar-refractivity contribution in [1.82, 2.24) is 0 Å². The molecule has 2 nitrogen and oxygen atoms in total. The van der Waals surface area contributed by atoms with Gasteiger partial charge < -0.3 is 5.73 Å². The molecule has 0 saturated heterocycles. The molecule has 1 atom stereocenters. The second kappa shape index (κ2) is 7.23. The van der Waals surface area contributed by atoms with Crippen LogP contribution in [0.2, 0.25) is 0 Å². The van der Waals surface area contributed by atoms with Gasteiger partial charge in [-0.1, -0.05) is 50.5 Å². The molecule has 0 fully saturated rings. The fraction of sp³-hybridized carbons (Fsp3) is 0.533. The number of aryl methyl sites for hydroxylation is 1. The summed E-state index contributed by atoms with van der Waals surface area (Å²) in [4.78, 5) is 11.6. The van der Waals surface area contributed by atoms with Crippen LogP contribution in [0.5, 0.6) is 0 Å². The molecule has 0 bridgehead atoms. The molecule has 2 heteroatoms. The summed E-state index contributed by atoms with van der Waals surface area (Å²) in [5.41, 5.74) is 7.60. The van der Waals surface area contributed by atoms with Gasteiger partial charge in [-0.25, -0.2) is 0 Å². The molecule has 1 aromatic rings. The molecule has 1 unspecified atom stereocenters. The molecule has 0 aliphatic heterocycles. The number of rotatable bonds is 7. The van der Waals surface area contributed by atoms with E-state index in [1.165, 1.54) is 31.2 Å². The van der Waals surface area contributed by atoms with Crippen LogP contribution in [0.4, 0.5) is 0 Å². The second-order valence-corrected chi connectivity index (χ2v) is 4.66. The summed E-state index contributed by atoms with van der Waals surface area (Å²) in [6, 6.07) is 7.45. The lowest BCUT2D eigenvalue weighted by atomic mass is 10.0. The lowest BCUT2D eigenvalue weighted by Gasteiger charge is -2.06. The molecule has 0 saturated carbocycles. The zero-order valence-electron chi connectivity index (χ0n) is 10.9. The van der Waals surface area contributed by atoms with Gasteiger partial charge >= 0.3 is 0 Å². The number of Topliss-reactive ketones (excluding diaryl/α,β-unsaturated/α-hetero) is 1. The lowest BCUT2D eigenvalue weighted by Crippen LogP contribution is -2.26. The Kier molecular flexibility index (Phi) is 5.92. The molecule has 1 rings (SSSR count). The summed E-state index contributed by atoms with van der Waals surface area (Å²) in [5.74, 6) is 0.0162. The summed E-state index contributed by atoms with van der Waals surface area (Å²) in [6.07, 6.45) is 6.20. The molecule has 1 aromatic carbocycles. The van der Waals surface area contributed by atoms with Gasteiger partial charge in [0.15, 0.2) is 5.78 Å². The van der Waals surface area contributed by atoms with Crippen LogP contribution in [0.15, 0.2) is 24.3 Å². The van der Waals surface area contributed by atoms with Crippen LogP contribution in [0.3, 0.4) is 0 Å². The number of unbranched alkanes of at least 4 members (excludes halogenated alkanes) is 3. The molecule has 0 aliphatic rings. The second-order valence-electron chi connectivity index (χ2n) is 4.66. The molecule has 0 aromatic heterocycles. The normalized spacial score (nSPS) is 12.4. The summed E-state index contributed by atoms with van der Waals surface area (Å²) < 4.78 is 0. The van der Waals surface area contributed by atoms with Crippen molar-refractivity contribution in [1.29, 1.82) is 0 Å². The predicted octanol–water partition coefficient (Wildman–Crippen LogP) is 3.34. The van der Waals surface area contributed by atoms with Crippen LogP contribution in [0.25, 0.3) is 0 Å². The molecule has 94 valence electrons. The van der Waals surface area contributed by atoms with Gasteiger partial charge in [0.05, 0.1) is 6.04 Å². The summed E-state index contributed by atoms with van der Waals surface area (Å²) in [6.45, 7) is 3.94. The standard InChI is InChI=1S/C15H23NO/c1-3-4-5-6-7-13-8-10-14(11-9-13)15(17)12(2)16/h8-12H,3-7,16H2,1-2H3. The van der Waals surface area contributed by atoms with Crippen LogP contribution in [0, 0.1) is 0 Å². The molecular weight excluding hydrogens is 210 g/mol. The van der Waals surface area contributed by atoms with Crippen molar-refractivity contribution in [2.45, 2.75) is 52.0 Å². The largest absolute Gasteiger partial charge is 0.321 e. The average Bonchev–Trinajstić information content (AvgIpc) is 2.34. The van der Waals surface area contributed by atoms with E-state index >= 15 is 0 Å². The molecular formula is C15H23NO. The Bertz CT molecular complexity index is 340. The van der Waals surface area contributed by atoms with Gasteiger partial charge in [0, 0.05) is 5.56 Å². The molecule has 0 aliphatic carbocycles. The van der Waals surface area contributed by atoms with Crippen molar-refractivity contribution in [2.75, 3.05) is 0 Å². The van der Waals surface area contributed by atoms with Gasteiger partial charge in [0.2, 0.25) is 0 Å². The van der Waals surface area contributed by atoms with E-state index in [-0.39, 0.29) is 5.78 Å². The van der Waals surface area contributed by atoms with E-state index in [9.17, 15) is 4.79 Å². The maximum atomic E-state index is 11.6. The summed E-state index contributed by atoms with van der Waals surface area (Å²) in [7, 11) is 0. The number of hydrogen-bond acceptors (Lipinski definition) is 2. The van der Waals surface area contributed by atoms with E-state index in [1.54, 1.807) is 6.92 Å². The number of hydrogen-bond donors (Lipinski definition) is 1. The Morgan fingerprint density at radius 2 is 1.82 bits per heavy atom. The smallest absolute Gasteiger partial charge is 0.179 e. The van der Waals surface area contributed by atoms with Gasteiger partial charge in [-0.05, 0) is 25.3 Å². The summed E-state index contributed by atoms with van der Waals surface area (Å²) >= 11 is 0.